The Morgan fingerprint density at radius 1 is 1.40 bits per heavy atom. The Hall–Kier alpha value is -1.74. The fraction of sp³-hybridized carbons (Fsp3) is 0.0909. The van der Waals surface area contributed by atoms with E-state index >= 15 is 0 Å². The van der Waals surface area contributed by atoms with Crippen molar-refractivity contribution in [3.63, 3.8) is 0 Å². The Balaban J connectivity index is 2.44. The first-order valence-corrected chi connectivity index (χ1v) is 7.53. The van der Waals surface area contributed by atoms with Gasteiger partial charge in [0.1, 0.15) is 10.6 Å². The number of methoxy groups -OCH3 is 1. The summed E-state index contributed by atoms with van der Waals surface area (Å²) in [6.45, 7) is 0. The standard InChI is InChI=1S/C11H9BrFN3O3S/c1-19-11-9(4-7(12)5-15-11)16-20(17,18)10-2-3-14-6-8(10)13/h2-6,16H,1H3. The van der Waals surface area contributed by atoms with E-state index in [1.165, 1.54) is 25.6 Å². The number of hydrogen-bond donors (Lipinski definition) is 1. The maximum atomic E-state index is 13.5. The molecule has 0 fully saturated rings. The van der Waals surface area contributed by atoms with Gasteiger partial charge < -0.3 is 4.74 Å². The Bertz CT molecular complexity index is 739. The van der Waals surface area contributed by atoms with E-state index in [9.17, 15) is 12.8 Å². The largest absolute Gasteiger partial charge is 0.479 e. The maximum absolute atomic E-state index is 13.5. The number of hydrogen-bond acceptors (Lipinski definition) is 5. The van der Waals surface area contributed by atoms with Crippen LogP contribution >= 0.6 is 15.9 Å². The molecule has 0 amide bonds. The van der Waals surface area contributed by atoms with E-state index in [4.69, 9.17) is 4.74 Å². The summed E-state index contributed by atoms with van der Waals surface area (Å²) in [4.78, 5) is 6.89. The zero-order valence-electron chi connectivity index (χ0n) is 10.2. The van der Waals surface area contributed by atoms with E-state index in [1.807, 2.05) is 0 Å². The molecule has 6 nitrogen and oxygen atoms in total. The van der Waals surface area contributed by atoms with Crippen LogP contribution in [-0.2, 0) is 10.0 Å². The number of nitrogens with one attached hydrogen (secondary N) is 1. The van der Waals surface area contributed by atoms with Crippen molar-refractivity contribution in [1.29, 1.82) is 0 Å². The molecular weight excluding hydrogens is 353 g/mol. The summed E-state index contributed by atoms with van der Waals surface area (Å²) in [6, 6.07) is 2.53. The number of aromatic nitrogens is 2. The van der Waals surface area contributed by atoms with Crippen LogP contribution in [0.3, 0.4) is 0 Å². The van der Waals surface area contributed by atoms with Gasteiger partial charge in [-0.3, -0.25) is 9.71 Å². The number of anilines is 1. The summed E-state index contributed by atoms with van der Waals surface area (Å²) >= 11 is 3.17. The fourth-order valence-electron chi connectivity index (χ4n) is 1.44. The molecule has 2 aromatic heterocycles. The van der Waals surface area contributed by atoms with Crippen LogP contribution in [0.2, 0.25) is 0 Å². The normalized spacial score (nSPS) is 11.2. The van der Waals surface area contributed by atoms with Gasteiger partial charge in [-0.25, -0.2) is 17.8 Å². The van der Waals surface area contributed by atoms with Crippen LogP contribution in [0.4, 0.5) is 10.1 Å². The molecule has 0 unspecified atom stereocenters. The summed E-state index contributed by atoms with van der Waals surface area (Å²) in [7, 11) is -2.75. The topological polar surface area (TPSA) is 81.2 Å². The number of pyridine rings is 2. The Morgan fingerprint density at radius 3 is 2.80 bits per heavy atom. The lowest BCUT2D eigenvalue weighted by molar-refractivity contribution is 0.400. The molecule has 0 atom stereocenters. The molecule has 0 saturated carbocycles. The van der Waals surface area contributed by atoms with Gasteiger partial charge in [0.05, 0.1) is 13.3 Å². The monoisotopic (exact) mass is 361 g/mol. The molecular formula is C11H9BrFN3O3S. The molecule has 0 spiro atoms. The third-order valence-electron chi connectivity index (χ3n) is 2.28. The van der Waals surface area contributed by atoms with Crippen molar-refractivity contribution in [2.45, 2.75) is 4.90 Å². The van der Waals surface area contributed by atoms with Gasteiger partial charge in [0.15, 0.2) is 5.82 Å². The van der Waals surface area contributed by atoms with Crippen LogP contribution in [0, 0.1) is 5.82 Å². The third kappa shape index (κ3) is 3.05. The van der Waals surface area contributed by atoms with Gasteiger partial charge in [0, 0.05) is 16.9 Å². The molecule has 20 heavy (non-hydrogen) atoms. The lowest BCUT2D eigenvalue weighted by Crippen LogP contribution is -2.15. The highest BCUT2D eigenvalue weighted by Gasteiger charge is 2.21. The van der Waals surface area contributed by atoms with Gasteiger partial charge in [0.25, 0.3) is 10.0 Å². The number of ether oxygens (including phenoxy) is 1. The van der Waals surface area contributed by atoms with Crippen LogP contribution in [0.5, 0.6) is 5.88 Å². The first-order valence-electron chi connectivity index (χ1n) is 5.26. The Labute approximate surface area is 123 Å². The van der Waals surface area contributed by atoms with Gasteiger partial charge >= 0.3 is 0 Å². The molecule has 9 heteroatoms. The predicted molar refractivity (Wildman–Crippen MR) is 73.5 cm³/mol. The minimum atomic E-state index is -4.10. The maximum Gasteiger partial charge on any atom is 0.265 e. The summed E-state index contributed by atoms with van der Waals surface area (Å²) < 4.78 is 45.5. The highest BCUT2D eigenvalue weighted by Crippen LogP contribution is 2.27. The van der Waals surface area contributed by atoms with Crippen molar-refractivity contribution in [2.24, 2.45) is 0 Å². The summed E-state index contributed by atoms with van der Waals surface area (Å²) in [5.74, 6) is -0.867. The van der Waals surface area contributed by atoms with Gasteiger partial charge in [-0.1, -0.05) is 0 Å². The first-order chi connectivity index (χ1) is 9.44. The minimum Gasteiger partial charge on any atom is -0.479 e. The number of halogens is 2. The lowest BCUT2D eigenvalue weighted by atomic mass is 10.4. The molecule has 1 N–H and O–H groups in total. The molecule has 2 aromatic rings. The Kier molecular flexibility index (Phi) is 4.19. The van der Waals surface area contributed by atoms with Gasteiger partial charge in [0.2, 0.25) is 5.88 Å². The molecule has 106 valence electrons. The molecule has 0 aromatic carbocycles. The van der Waals surface area contributed by atoms with E-state index in [-0.39, 0.29) is 11.6 Å². The molecule has 0 aliphatic rings. The SMILES string of the molecule is COc1ncc(Br)cc1NS(=O)(=O)c1ccncc1F. The van der Waals surface area contributed by atoms with Crippen molar-refractivity contribution in [2.75, 3.05) is 11.8 Å². The highest BCUT2D eigenvalue weighted by molar-refractivity contribution is 9.10. The second kappa shape index (κ2) is 5.71. The summed E-state index contributed by atoms with van der Waals surface area (Å²) in [5, 5.41) is 0. The smallest absolute Gasteiger partial charge is 0.265 e. The molecule has 2 heterocycles. The first kappa shape index (κ1) is 14.7. The number of rotatable bonds is 4. The molecule has 0 aliphatic carbocycles. The zero-order valence-corrected chi connectivity index (χ0v) is 12.6. The van der Waals surface area contributed by atoms with Crippen molar-refractivity contribution in [3.8, 4) is 5.88 Å². The van der Waals surface area contributed by atoms with Crippen LogP contribution in [0.15, 0.2) is 40.1 Å². The van der Waals surface area contributed by atoms with Crippen molar-refractivity contribution >= 4 is 31.6 Å². The van der Waals surface area contributed by atoms with E-state index in [2.05, 4.69) is 30.6 Å². The molecule has 0 radical (unpaired) electrons. The molecule has 2 rings (SSSR count). The molecule has 0 aliphatic heterocycles. The average Bonchev–Trinajstić information content (AvgIpc) is 2.39. The van der Waals surface area contributed by atoms with Crippen molar-refractivity contribution < 1.29 is 17.5 Å². The number of nitrogens with zero attached hydrogens (tertiary/aromatic N) is 2. The highest BCUT2D eigenvalue weighted by atomic mass is 79.9. The van der Waals surface area contributed by atoms with Gasteiger partial charge in [-0.15, -0.1) is 0 Å². The van der Waals surface area contributed by atoms with E-state index in [0.29, 0.717) is 4.47 Å². The minimum absolute atomic E-state index is 0.0752. The quantitative estimate of drug-likeness (QED) is 0.902. The third-order valence-corrected chi connectivity index (χ3v) is 4.11. The van der Waals surface area contributed by atoms with Gasteiger partial charge in [-0.2, -0.15) is 0 Å². The number of sulfonamides is 1. The van der Waals surface area contributed by atoms with Crippen LogP contribution < -0.4 is 9.46 Å². The summed E-state index contributed by atoms with van der Waals surface area (Å²) in [5.41, 5.74) is 0.0955. The van der Waals surface area contributed by atoms with Crippen molar-refractivity contribution in [3.05, 3.63) is 41.0 Å². The molecule has 0 saturated heterocycles. The van der Waals surface area contributed by atoms with E-state index < -0.39 is 20.7 Å². The second-order valence-corrected chi connectivity index (χ2v) is 6.19. The van der Waals surface area contributed by atoms with Gasteiger partial charge in [-0.05, 0) is 28.1 Å². The zero-order chi connectivity index (χ0) is 14.8. The second-order valence-electron chi connectivity index (χ2n) is 3.62. The van der Waals surface area contributed by atoms with Crippen LogP contribution in [-0.4, -0.2) is 25.5 Å². The van der Waals surface area contributed by atoms with E-state index in [0.717, 1.165) is 12.3 Å². The Morgan fingerprint density at radius 2 is 2.15 bits per heavy atom. The van der Waals surface area contributed by atoms with E-state index in [1.54, 1.807) is 0 Å². The summed E-state index contributed by atoms with van der Waals surface area (Å²) in [6.07, 6.45) is 3.46. The predicted octanol–water partition coefficient (Wildman–Crippen LogP) is 2.19. The van der Waals surface area contributed by atoms with Crippen LogP contribution in [0.1, 0.15) is 0 Å². The fourth-order valence-corrected chi connectivity index (χ4v) is 2.87. The average molecular weight is 362 g/mol. The lowest BCUT2D eigenvalue weighted by Gasteiger charge is -2.11. The van der Waals surface area contributed by atoms with Crippen LogP contribution in [0.25, 0.3) is 0 Å². The molecule has 0 bridgehead atoms. The van der Waals surface area contributed by atoms with Crippen molar-refractivity contribution in [1.82, 2.24) is 9.97 Å².